The molecular weight excluding hydrogens is 434 g/mol. The van der Waals surface area contributed by atoms with Crippen molar-refractivity contribution in [2.75, 3.05) is 17.9 Å². The number of nitrogens with one attached hydrogen (secondary N) is 1. The number of nitrogens with two attached hydrogens (primary N) is 1. The molecule has 0 bridgehead atoms. The summed E-state index contributed by atoms with van der Waals surface area (Å²) in [5.41, 5.74) is 0.147. The molecule has 1 atom stereocenters. The molecule has 166 valence electrons. The minimum atomic E-state index is -3.87. The van der Waals surface area contributed by atoms with Gasteiger partial charge in [0, 0.05) is 17.8 Å². The van der Waals surface area contributed by atoms with E-state index in [9.17, 15) is 23.6 Å². The Kier molecular flexibility index (Phi) is 9.04. The molecule has 2 aromatic rings. The molecule has 11 heteroatoms. The van der Waals surface area contributed by atoms with E-state index < -0.39 is 21.1 Å². The lowest BCUT2D eigenvalue weighted by Gasteiger charge is -2.19. The van der Waals surface area contributed by atoms with E-state index in [4.69, 9.17) is 4.74 Å². The van der Waals surface area contributed by atoms with E-state index in [0.29, 0.717) is 18.0 Å². The zero-order chi connectivity index (χ0) is 21.7. The first-order valence-electron chi connectivity index (χ1n) is 8.99. The van der Waals surface area contributed by atoms with E-state index in [2.05, 4.69) is 25.5 Å². The van der Waals surface area contributed by atoms with Crippen LogP contribution in [0.3, 0.4) is 0 Å². The molecule has 2 rings (SSSR count). The van der Waals surface area contributed by atoms with Crippen molar-refractivity contribution in [2.24, 2.45) is 0 Å². The van der Waals surface area contributed by atoms with Gasteiger partial charge in [-0.15, -0.1) is 0 Å². The Labute approximate surface area is 182 Å². The number of halogens is 1. The second kappa shape index (κ2) is 10.6. The average molecular weight is 460 g/mol. The molecule has 0 spiro atoms. The first-order chi connectivity index (χ1) is 13.5. The number of aliphatic hydroxyl groups is 1. The summed E-state index contributed by atoms with van der Waals surface area (Å²) in [7, 11) is -3.87. The van der Waals surface area contributed by atoms with Crippen molar-refractivity contribution >= 4 is 21.4 Å². The number of aliphatic hydroxyl groups excluding tert-OH is 1. The molecule has 9 nitrogen and oxygen atoms in total. The molecule has 0 aromatic heterocycles. The number of nitro groups is 1. The number of anilines is 1. The largest absolute Gasteiger partial charge is 1.00 e. The second-order valence-electron chi connectivity index (χ2n) is 7.65. The summed E-state index contributed by atoms with van der Waals surface area (Å²) in [6, 6.07) is 10.9. The summed E-state index contributed by atoms with van der Waals surface area (Å²) in [6.07, 6.45) is -0.630. The van der Waals surface area contributed by atoms with Crippen LogP contribution in [0.5, 0.6) is 5.75 Å². The van der Waals surface area contributed by atoms with Crippen LogP contribution in [-0.2, 0) is 10.0 Å². The smallest absolute Gasteiger partial charge is 0.269 e. The number of non-ortho nitro benzene ring substituents is 1. The maximum absolute atomic E-state index is 12.4. The van der Waals surface area contributed by atoms with Gasteiger partial charge in [-0.1, -0.05) is 0 Å². The molecule has 0 saturated heterocycles. The number of ether oxygens (including phenoxy) is 1. The fourth-order valence-electron chi connectivity index (χ4n) is 2.33. The summed E-state index contributed by atoms with van der Waals surface area (Å²) in [5.74, 6) is 0.498. The molecule has 0 saturated carbocycles. The van der Waals surface area contributed by atoms with E-state index in [-0.39, 0.29) is 35.1 Å². The van der Waals surface area contributed by atoms with E-state index in [1.54, 1.807) is 12.1 Å². The number of rotatable bonds is 9. The highest BCUT2D eigenvalue weighted by atomic mass is 35.5. The second-order valence-corrected chi connectivity index (χ2v) is 9.33. The minimum absolute atomic E-state index is 0. The zero-order valence-electron chi connectivity index (χ0n) is 16.9. The summed E-state index contributed by atoms with van der Waals surface area (Å²) in [6.45, 7) is 6.79. The number of nitro benzene ring substituents is 1. The molecular formula is C19H26ClN3O6S. The maximum Gasteiger partial charge on any atom is 0.269 e. The summed E-state index contributed by atoms with van der Waals surface area (Å²) < 4.78 is 32.7. The quantitative estimate of drug-likeness (QED) is 0.308. The lowest BCUT2D eigenvalue weighted by molar-refractivity contribution is -0.722. The minimum Gasteiger partial charge on any atom is -1.00 e. The summed E-state index contributed by atoms with van der Waals surface area (Å²) in [4.78, 5) is 9.99. The van der Waals surface area contributed by atoms with Crippen LogP contribution >= 0.6 is 0 Å². The van der Waals surface area contributed by atoms with Gasteiger partial charge in [0.25, 0.3) is 15.7 Å². The van der Waals surface area contributed by atoms with E-state index >= 15 is 0 Å². The standard InChI is InChI=1S/C19H25N3O6S.ClH/c1-19(2,3)20-12-16(23)13-28-17-8-4-14(5-9-17)21-29(26,27)18-10-6-15(7-11-18)22(24)25;/h4-11,16,20-21,23H,12-13H2,1-3H3;1H. The van der Waals surface area contributed by atoms with Crippen LogP contribution in [0.1, 0.15) is 20.8 Å². The predicted molar refractivity (Wildman–Crippen MR) is 108 cm³/mol. The van der Waals surface area contributed by atoms with Crippen LogP contribution < -0.4 is 27.2 Å². The van der Waals surface area contributed by atoms with E-state index in [1.165, 1.54) is 24.3 Å². The van der Waals surface area contributed by atoms with Gasteiger partial charge in [0.2, 0.25) is 0 Å². The van der Waals surface area contributed by atoms with Crippen LogP contribution in [0.15, 0.2) is 53.4 Å². The Balaban J connectivity index is 0.00000450. The molecule has 0 heterocycles. The number of hydrogen-bond donors (Lipinski definition) is 3. The fourth-order valence-corrected chi connectivity index (χ4v) is 3.39. The Morgan fingerprint density at radius 1 is 1.13 bits per heavy atom. The summed E-state index contributed by atoms with van der Waals surface area (Å²) in [5, 5.41) is 22.7. The molecule has 0 radical (unpaired) electrons. The van der Waals surface area contributed by atoms with Crippen molar-refractivity contribution in [1.29, 1.82) is 0 Å². The van der Waals surface area contributed by atoms with Crippen LogP contribution in [-0.4, -0.2) is 43.2 Å². The molecule has 0 fully saturated rings. The van der Waals surface area contributed by atoms with Crippen molar-refractivity contribution in [1.82, 2.24) is 0 Å². The zero-order valence-corrected chi connectivity index (χ0v) is 18.5. The molecule has 0 aliphatic carbocycles. The van der Waals surface area contributed by atoms with Gasteiger partial charge in [0.15, 0.2) is 0 Å². The van der Waals surface area contributed by atoms with Crippen molar-refractivity contribution in [3.63, 3.8) is 0 Å². The highest BCUT2D eigenvalue weighted by Crippen LogP contribution is 2.21. The van der Waals surface area contributed by atoms with Crippen LogP contribution in [0.4, 0.5) is 11.4 Å². The Hall–Kier alpha value is -2.40. The van der Waals surface area contributed by atoms with Gasteiger partial charge >= 0.3 is 0 Å². The van der Waals surface area contributed by atoms with E-state index in [0.717, 1.165) is 12.1 Å². The van der Waals surface area contributed by atoms with Gasteiger partial charge in [-0.25, -0.2) is 8.42 Å². The molecule has 1 unspecified atom stereocenters. The van der Waals surface area contributed by atoms with Gasteiger partial charge < -0.3 is 27.6 Å². The number of nitrogens with zero attached hydrogens (tertiary/aromatic N) is 1. The van der Waals surface area contributed by atoms with Crippen molar-refractivity contribution in [3.8, 4) is 5.75 Å². The van der Waals surface area contributed by atoms with Crippen LogP contribution in [0, 0.1) is 10.1 Å². The van der Waals surface area contributed by atoms with Crippen LogP contribution in [0.2, 0.25) is 0 Å². The predicted octanol–water partition coefficient (Wildman–Crippen LogP) is -1.50. The first-order valence-corrected chi connectivity index (χ1v) is 10.5. The Bertz CT molecular complexity index is 928. The lowest BCUT2D eigenvalue weighted by atomic mass is 10.1. The highest BCUT2D eigenvalue weighted by molar-refractivity contribution is 7.92. The Morgan fingerprint density at radius 2 is 1.70 bits per heavy atom. The maximum atomic E-state index is 12.4. The van der Waals surface area contributed by atoms with Gasteiger partial charge in [0.1, 0.15) is 25.0 Å². The van der Waals surface area contributed by atoms with Crippen LogP contribution in [0.25, 0.3) is 0 Å². The Morgan fingerprint density at radius 3 is 2.20 bits per heavy atom. The highest BCUT2D eigenvalue weighted by Gasteiger charge is 2.17. The summed E-state index contributed by atoms with van der Waals surface area (Å²) >= 11 is 0. The van der Waals surface area contributed by atoms with Crippen molar-refractivity contribution < 1.29 is 40.9 Å². The first kappa shape index (κ1) is 25.6. The molecule has 0 amide bonds. The lowest BCUT2D eigenvalue weighted by Crippen LogP contribution is -3.00. The topological polar surface area (TPSA) is 135 Å². The van der Waals surface area contributed by atoms with Crippen molar-refractivity contribution in [2.45, 2.75) is 37.3 Å². The third-order valence-corrected chi connectivity index (χ3v) is 5.31. The van der Waals surface area contributed by atoms with Crippen molar-refractivity contribution in [3.05, 3.63) is 58.6 Å². The third kappa shape index (κ3) is 8.15. The molecule has 2 aromatic carbocycles. The molecule has 0 aliphatic rings. The SMILES string of the molecule is CC(C)(C)[NH2+]CC(O)COc1ccc(NS(=O)(=O)c2ccc([N+](=O)[O-])cc2)cc1.[Cl-]. The van der Waals surface area contributed by atoms with E-state index in [1.807, 2.05) is 5.32 Å². The fraction of sp³-hybridized carbons (Fsp3) is 0.368. The number of hydrogen-bond acceptors (Lipinski definition) is 6. The van der Waals surface area contributed by atoms with Gasteiger partial charge in [-0.2, -0.15) is 0 Å². The molecule has 0 aliphatic heterocycles. The number of sulfonamides is 1. The van der Waals surface area contributed by atoms with Gasteiger partial charge in [0.05, 0.1) is 15.4 Å². The van der Waals surface area contributed by atoms with Gasteiger partial charge in [-0.05, 0) is 57.2 Å². The monoisotopic (exact) mass is 459 g/mol. The number of quaternary nitrogens is 1. The molecule has 30 heavy (non-hydrogen) atoms. The molecule has 4 N–H and O–H groups in total. The average Bonchev–Trinajstić information content (AvgIpc) is 2.65. The third-order valence-electron chi connectivity index (χ3n) is 3.91. The normalized spacial score (nSPS) is 12.5. The van der Waals surface area contributed by atoms with Gasteiger partial charge in [-0.3, -0.25) is 14.8 Å². The number of benzene rings is 2.